The summed E-state index contributed by atoms with van der Waals surface area (Å²) in [5, 5.41) is 0. The van der Waals surface area contributed by atoms with Gasteiger partial charge in [-0.3, -0.25) is 9.59 Å². The fourth-order valence-electron chi connectivity index (χ4n) is 1.37. The zero-order valence-corrected chi connectivity index (χ0v) is 12.2. The highest BCUT2D eigenvalue weighted by Crippen LogP contribution is 2.38. The van der Waals surface area contributed by atoms with Gasteiger partial charge < -0.3 is 4.57 Å². The highest BCUT2D eigenvalue weighted by Gasteiger charge is 2.63. The summed E-state index contributed by atoms with van der Waals surface area (Å²) in [5.74, 6) is -9.27. The van der Waals surface area contributed by atoms with E-state index in [-0.39, 0.29) is 0 Å². The van der Waals surface area contributed by atoms with Crippen molar-refractivity contribution in [3.8, 4) is 0 Å². The lowest BCUT2D eigenvalue weighted by Gasteiger charge is -2.17. The molecule has 1 heterocycles. The van der Waals surface area contributed by atoms with Crippen molar-refractivity contribution in [1.29, 1.82) is 0 Å². The summed E-state index contributed by atoms with van der Waals surface area (Å²) in [6.07, 6.45) is -5.44. The Hall–Kier alpha value is -0.860. The first-order valence-corrected chi connectivity index (χ1v) is 6.10. The summed E-state index contributed by atoms with van der Waals surface area (Å²) in [4.78, 5) is 22.9. The molecule has 0 saturated carbocycles. The van der Waals surface area contributed by atoms with Crippen molar-refractivity contribution in [1.82, 2.24) is 4.57 Å². The molecule has 0 N–H and O–H groups in total. The molecule has 0 aromatic carbocycles. The minimum atomic E-state index is -6.06. The number of ketones is 2. The summed E-state index contributed by atoms with van der Waals surface area (Å²) >= 11 is 15.9. The Morgan fingerprint density at radius 2 is 1.52 bits per heavy atom. The van der Waals surface area contributed by atoms with E-state index in [4.69, 9.17) is 34.8 Å². The molecule has 0 fully saturated rings. The van der Waals surface area contributed by atoms with Gasteiger partial charge in [0.1, 0.15) is 0 Å². The number of Topliss-reactive ketones (excluding diaryl/α,β-unsaturated/α-hetero) is 2. The first-order chi connectivity index (χ1) is 9.19. The highest BCUT2D eigenvalue weighted by atomic mass is 35.6. The summed E-state index contributed by atoms with van der Waals surface area (Å²) in [7, 11) is 1.12. The minimum absolute atomic E-state index is 0.503. The lowest BCUT2D eigenvalue weighted by Crippen LogP contribution is -2.43. The number of nitrogens with zero attached hydrogens (tertiary/aromatic N) is 1. The second-order valence-electron chi connectivity index (χ2n) is 3.95. The number of carbonyl (C=O) groups is 2. The topological polar surface area (TPSA) is 39.1 Å². The van der Waals surface area contributed by atoms with E-state index in [1.807, 2.05) is 0 Å². The highest BCUT2D eigenvalue weighted by molar-refractivity contribution is 6.77. The van der Waals surface area contributed by atoms with Crippen LogP contribution in [0.15, 0.2) is 12.3 Å². The molecule has 3 nitrogen and oxygen atoms in total. The molecule has 11 heteroatoms. The Morgan fingerprint density at radius 3 is 1.90 bits per heavy atom. The molecule has 0 unspecified atom stereocenters. The molecule has 1 rings (SSSR count). The van der Waals surface area contributed by atoms with Crippen LogP contribution < -0.4 is 0 Å². The third-order valence-corrected chi connectivity index (χ3v) is 2.91. The zero-order chi connectivity index (χ0) is 16.8. The van der Waals surface area contributed by atoms with E-state index in [0.29, 0.717) is 12.3 Å². The van der Waals surface area contributed by atoms with Crippen LogP contribution in [0.3, 0.4) is 0 Å². The number of hydrogen-bond donors (Lipinski definition) is 0. The van der Waals surface area contributed by atoms with Crippen molar-refractivity contribution in [3.63, 3.8) is 0 Å². The molecule has 0 aliphatic heterocycles. The number of halogens is 8. The minimum Gasteiger partial charge on any atom is -0.347 e. The number of aromatic nitrogens is 1. The van der Waals surface area contributed by atoms with Crippen molar-refractivity contribution >= 4 is 46.4 Å². The van der Waals surface area contributed by atoms with Gasteiger partial charge in [-0.05, 0) is 6.07 Å². The van der Waals surface area contributed by atoms with Gasteiger partial charge in [0.05, 0.1) is 5.69 Å². The van der Waals surface area contributed by atoms with Gasteiger partial charge >= 0.3 is 12.1 Å². The summed E-state index contributed by atoms with van der Waals surface area (Å²) in [6.45, 7) is 0. The molecule has 1 aromatic heterocycles. The largest absolute Gasteiger partial charge is 0.461 e. The smallest absolute Gasteiger partial charge is 0.347 e. The van der Waals surface area contributed by atoms with E-state index in [1.54, 1.807) is 0 Å². The van der Waals surface area contributed by atoms with Crippen LogP contribution in [-0.4, -0.2) is 32.0 Å². The van der Waals surface area contributed by atoms with Crippen molar-refractivity contribution in [2.24, 2.45) is 7.05 Å². The van der Waals surface area contributed by atoms with Crippen LogP contribution in [-0.2, 0) is 7.05 Å². The number of alkyl halides is 8. The molecule has 0 aliphatic rings. The van der Waals surface area contributed by atoms with E-state index in [9.17, 15) is 31.5 Å². The molecule has 0 amide bonds. The number of aryl methyl sites for hydroxylation is 1. The lowest BCUT2D eigenvalue weighted by molar-refractivity contribution is -0.255. The fourth-order valence-corrected chi connectivity index (χ4v) is 1.66. The second-order valence-corrected chi connectivity index (χ2v) is 6.23. The fraction of sp³-hybridized carbons (Fsp3) is 0.400. The van der Waals surface area contributed by atoms with Gasteiger partial charge in [0.2, 0.25) is 11.6 Å². The van der Waals surface area contributed by atoms with Crippen molar-refractivity contribution in [2.75, 3.05) is 0 Å². The molecule has 118 valence electrons. The maximum Gasteiger partial charge on any atom is 0.461 e. The van der Waals surface area contributed by atoms with Gasteiger partial charge in [0, 0.05) is 18.8 Å². The molecule has 0 spiro atoms. The second kappa shape index (κ2) is 5.40. The number of hydrogen-bond acceptors (Lipinski definition) is 2. The SMILES string of the molecule is Cn1cc(C(=O)C(F)(F)C(F)(F)F)cc1C(=O)C(Cl)(Cl)Cl. The average molecular weight is 373 g/mol. The van der Waals surface area contributed by atoms with Crippen LogP contribution >= 0.6 is 34.8 Å². The molecule has 0 atom stereocenters. The summed E-state index contributed by atoms with van der Waals surface area (Å²) in [5.41, 5.74) is -1.53. The van der Waals surface area contributed by atoms with Gasteiger partial charge in [0.15, 0.2) is 0 Å². The average Bonchev–Trinajstić information content (AvgIpc) is 2.66. The monoisotopic (exact) mass is 371 g/mol. The zero-order valence-electron chi connectivity index (χ0n) is 9.94. The molecule has 0 saturated heterocycles. The molecule has 1 aromatic rings. The standard InChI is InChI=1S/C10H5Cl3F5NO2/c1-19-3-4(2-5(19)7(21)9(11,12)13)6(20)8(14,15)10(16,17)18/h2-3H,1H3. The molecule has 0 aliphatic carbocycles. The molecule has 0 bridgehead atoms. The van der Waals surface area contributed by atoms with E-state index < -0.39 is 38.7 Å². The van der Waals surface area contributed by atoms with E-state index in [1.165, 1.54) is 0 Å². The van der Waals surface area contributed by atoms with Crippen LogP contribution in [0.5, 0.6) is 0 Å². The number of carbonyl (C=O) groups excluding carboxylic acids is 2. The lowest BCUT2D eigenvalue weighted by atomic mass is 10.1. The Morgan fingerprint density at radius 1 is 1.05 bits per heavy atom. The predicted molar refractivity (Wildman–Crippen MR) is 65.4 cm³/mol. The van der Waals surface area contributed by atoms with Gasteiger partial charge in [-0.1, -0.05) is 34.8 Å². The Bertz CT molecular complexity index is 588. The Kier molecular flexibility index (Phi) is 4.68. The van der Waals surface area contributed by atoms with Crippen molar-refractivity contribution in [3.05, 3.63) is 23.5 Å². The van der Waals surface area contributed by atoms with Crippen LogP contribution in [0.25, 0.3) is 0 Å². The normalized spacial score (nSPS) is 13.4. The molecule has 21 heavy (non-hydrogen) atoms. The van der Waals surface area contributed by atoms with Crippen LogP contribution in [0, 0.1) is 0 Å². The maximum atomic E-state index is 12.9. The first-order valence-electron chi connectivity index (χ1n) is 4.97. The predicted octanol–water partition coefficient (Wildman–Crippen LogP) is 3.96. The quantitative estimate of drug-likeness (QED) is 0.458. The van der Waals surface area contributed by atoms with Gasteiger partial charge in [-0.15, -0.1) is 0 Å². The van der Waals surface area contributed by atoms with Crippen LogP contribution in [0.4, 0.5) is 22.0 Å². The Balaban J connectivity index is 3.26. The van der Waals surface area contributed by atoms with Gasteiger partial charge in [-0.2, -0.15) is 22.0 Å². The maximum absolute atomic E-state index is 12.9. The molecule has 0 radical (unpaired) electrons. The van der Waals surface area contributed by atoms with Crippen LogP contribution in [0.1, 0.15) is 20.8 Å². The van der Waals surface area contributed by atoms with E-state index in [2.05, 4.69) is 0 Å². The first kappa shape index (κ1) is 18.2. The Labute approximate surface area is 129 Å². The number of rotatable bonds is 3. The third-order valence-electron chi connectivity index (χ3n) is 2.40. The van der Waals surface area contributed by atoms with Crippen LogP contribution in [0.2, 0.25) is 0 Å². The van der Waals surface area contributed by atoms with Crippen molar-refractivity contribution in [2.45, 2.75) is 15.9 Å². The summed E-state index contributed by atoms with van der Waals surface area (Å²) < 4.78 is 60.6. The summed E-state index contributed by atoms with van der Waals surface area (Å²) in [6, 6.07) is 0.506. The van der Waals surface area contributed by atoms with E-state index in [0.717, 1.165) is 11.6 Å². The van der Waals surface area contributed by atoms with Crippen molar-refractivity contribution < 1.29 is 31.5 Å². The van der Waals surface area contributed by atoms with E-state index >= 15 is 0 Å². The van der Waals surface area contributed by atoms with Gasteiger partial charge in [0.25, 0.3) is 3.79 Å². The molecular formula is C10H5Cl3F5NO2. The third kappa shape index (κ3) is 3.49. The van der Waals surface area contributed by atoms with Gasteiger partial charge in [-0.25, -0.2) is 0 Å². The molecular weight excluding hydrogens is 367 g/mol.